The van der Waals surface area contributed by atoms with E-state index in [1.165, 1.54) is 0 Å². The van der Waals surface area contributed by atoms with Gasteiger partial charge in [0, 0.05) is 13.5 Å². The van der Waals surface area contributed by atoms with Crippen molar-refractivity contribution in [3.63, 3.8) is 0 Å². The molecule has 0 fully saturated rings. The number of carboxylic acids is 1. The average molecular weight is 160 g/mol. The second-order valence-corrected chi connectivity index (χ2v) is 1.91. The summed E-state index contributed by atoms with van der Waals surface area (Å²) < 4.78 is 0. The lowest BCUT2D eigenvalue weighted by molar-refractivity contribution is -0.134. The molecule has 3 nitrogen and oxygen atoms in total. The second kappa shape index (κ2) is 11.9. The van der Waals surface area contributed by atoms with E-state index < -0.39 is 5.97 Å². The molecular formula is C8H16O3. The van der Waals surface area contributed by atoms with E-state index in [2.05, 4.69) is 13.0 Å². The van der Waals surface area contributed by atoms with Gasteiger partial charge in [-0.2, -0.15) is 0 Å². The van der Waals surface area contributed by atoms with Gasteiger partial charge in [0.1, 0.15) is 0 Å². The molecule has 0 aromatic rings. The van der Waals surface area contributed by atoms with Crippen LogP contribution in [-0.4, -0.2) is 22.8 Å². The number of aliphatic carboxylic acids is 1. The molecule has 0 aliphatic carbocycles. The maximum atomic E-state index is 9.00. The van der Waals surface area contributed by atoms with E-state index in [1.54, 1.807) is 0 Å². The van der Waals surface area contributed by atoms with E-state index in [1.807, 2.05) is 6.08 Å². The molecule has 11 heavy (non-hydrogen) atoms. The Hall–Kier alpha value is -0.830. The van der Waals surface area contributed by atoms with Crippen molar-refractivity contribution in [2.75, 3.05) is 6.61 Å². The van der Waals surface area contributed by atoms with Crippen LogP contribution in [0.5, 0.6) is 0 Å². The van der Waals surface area contributed by atoms with Gasteiger partial charge in [0.2, 0.25) is 0 Å². The van der Waals surface area contributed by atoms with Crippen molar-refractivity contribution in [2.24, 2.45) is 0 Å². The highest BCUT2D eigenvalue weighted by molar-refractivity contribution is 5.62. The predicted molar refractivity (Wildman–Crippen MR) is 44.4 cm³/mol. The molecule has 0 rings (SSSR count). The Morgan fingerprint density at radius 1 is 1.45 bits per heavy atom. The first-order valence-electron chi connectivity index (χ1n) is 3.60. The molecule has 0 bridgehead atoms. The largest absolute Gasteiger partial charge is 0.481 e. The average Bonchev–Trinajstić information content (AvgIpc) is 1.88. The number of hydrogen-bond donors (Lipinski definition) is 2. The molecular weight excluding hydrogens is 144 g/mol. The van der Waals surface area contributed by atoms with Crippen LogP contribution in [0.15, 0.2) is 12.2 Å². The number of aliphatic hydroxyl groups excluding tert-OH is 1. The Morgan fingerprint density at radius 3 is 2.18 bits per heavy atom. The summed E-state index contributed by atoms with van der Waals surface area (Å²) >= 11 is 0. The smallest absolute Gasteiger partial charge is 0.300 e. The highest BCUT2D eigenvalue weighted by Crippen LogP contribution is 1.82. The highest BCUT2D eigenvalue weighted by Gasteiger charge is 1.69. The van der Waals surface area contributed by atoms with Crippen LogP contribution in [0.3, 0.4) is 0 Å². The van der Waals surface area contributed by atoms with Crippen molar-refractivity contribution >= 4 is 5.97 Å². The van der Waals surface area contributed by atoms with Gasteiger partial charge in [0.15, 0.2) is 0 Å². The number of hydrogen-bond acceptors (Lipinski definition) is 2. The van der Waals surface area contributed by atoms with Gasteiger partial charge in [-0.05, 0) is 12.8 Å². The summed E-state index contributed by atoms with van der Waals surface area (Å²) in [6, 6.07) is 0. The first-order valence-corrected chi connectivity index (χ1v) is 3.60. The van der Waals surface area contributed by atoms with Crippen LogP contribution in [0.2, 0.25) is 0 Å². The molecule has 0 unspecified atom stereocenters. The molecule has 2 N–H and O–H groups in total. The number of carboxylic acid groups (broad SMARTS) is 1. The molecule has 0 aromatic heterocycles. The van der Waals surface area contributed by atoms with E-state index in [-0.39, 0.29) is 6.61 Å². The molecule has 0 amide bonds. The Morgan fingerprint density at radius 2 is 1.91 bits per heavy atom. The fourth-order valence-corrected chi connectivity index (χ4v) is 0.359. The third kappa shape index (κ3) is 46.9. The molecule has 0 saturated carbocycles. The summed E-state index contributed by atoms with van der Waals surface area (Å²) in [6.45, 7) is 3.43. The molecule has 0 aromatic carbocycles. The summed E-state index contributed by atoms with van der Waals surface area (Å²) in [4.78, 5) is 9.00. The zero-order chi connectivity index (χ0) is 9.11. The molecule has 0 spiro atoms. The maximum absolute atomic E-state index is 9.00. The van der Waals surface area contributed by atoms with Gasteiger partial charge in [-0.15, -0.1) is 0 Å². The molecule has 0 radical (unpaired) electrons. The fourth-order valence-electron chi connectivity index (χ4n) is 0.359. The number of allylic oxidation sites excluding steroid dienone is 1. The van der Waals surface area contributed by atoms with Gasteiger partial charge in [-0.3, -0.25) is 4.79 Å². The van der Waals surface area contributed by atoms with Crippen LogP contribution in [0.4, 0.5) is 0 Å². The van der Waals surface area contributed by atoms with E-state index in [0.717, 1.165) is 19.8 Å². The molecule has 0 aliphatic rings. The van der Waals surface area contributed by atoms with Crippen LogP contribution in [-0.2, 0) is 4.79 Å². The predicted octanol–water partition coefficient (Wildman–Crippen LogP) is 1.43. The van der Waals surface area contributed by atoms with Crippen LogP contribution >= 0.6 is 0 Å². The Kier molecular flexibility index (Phi) is 13.9. The zero-order valence-corrected chi connectivity index (χ0v) is 7.08. The summed E-state index contributed by atoms with van der Waals surface area (Å²) in [6.07, 6.45) is 5.91. The lowest BCUT2D eigenvalue weighted by atomic mass is 10.3. The van der Waals surface area contributed by atoms with Crippen molar-refractivity contribution in [1.29, 1.82) is 0 Å². The lowest BCUT2D eigenvalue weighted by Gasteiger charge is -1.79. The van der Waals surface area contributed by atoms with Crippen molar-refractivity contribution in [3.8, 4) is 0 Å². The topological polar surface area (TPSA) is 57.5 Å². The summed E-state index contributed by atoms with van der Waals surface area (Å²) in [5.41, 5.74) is 0. The van der Waals surface area contributed by atoms with Crippen LogP contribution in [0.25, 0.3) is 0 Å². The van der Waals surface area contributed by atoms with Crippen LogP contribution in [0, 0.1) is 0 Å². The quantitative estimate of drug-likeness (QED) is 0.614. The number of carbonyl (C=O) groups is 1. The van der Waals surface area contributed by atoms with Gasteiger partial charge in [0.25, 0.3) is 5.97 Å². The molecule has 0 heterocycles. The second-order valence-electron chi connectivity index (χ2n) is 1.91. The van der Waals surface area contributed by atoms with E-state index in [9.17, 15) is 0 Å². The third-order valence-corrected chi connectivity index (χ3v) is 0.698. The first-order chi connectivity index (χ1) is 5.15. The van der Waals surface area contributed by atoms with Crippen molar-refractivity contribution in [1.82, 2.24) is 0 Å². The van der Waals surface area contributed by atoms with Gasteiger partial charge in [-0.25, -0.2) is 0 Å². The normalized spacial score (nSPS) is 9.00. The fraction of sp³-hybridized carbons (Fsp3) is 0.625. The molecule has 0 aliphatic heterocycles. The standard InChI is InChI=1S/C6H12O.C2H4O2/c1-2-3-4-5-6-7;1-2(3)4/h3-4,7H,2,5-6H2,1H3;1H3,(H,3,4)/b4-3+;. The number of rotatable bonds is 3. The minimum absolute atomic E-state index is 0.274. The SMILES string of the molecule is CC(=O)O.CC/C=C/CCO. The van der Waals surface area contributed by atoms with E-state index in [4.69, 9.17) is 15.0 Å². The molecule has 0 saturated heterocycles. The van der Waals surface area contributed by atoms with Crippen LogP contribution in [0.1, 0.15) is 26.7 Å². The van der Waals surface area contributed by atoms with Gasteiger partial charge < -0.3 is 10.2 Å². The van der Waals surface area contributed by atoms with E-state index in [0.29, 0.717) is 0 Å². The maximum Gasteiger partial charge on any atom is 0.300 e. The Bertz CT molecular complexity index is 104. The minimum Gasteiger partial charge on any atom is -0.481 e. The lowest BCUT2D eigenvalue weighted by Crippen LogP contribution is -1.78. The van der Waals surface area contributed by atoms with Crippen LogP contribution < -0.4 is 0 Å². The monoisotopic (exact) mass is 160 g/mol. The minimum atomic E-state index is -0.833. The Labute approximate surface area is 67.4 Å². The molecule has 3 heteroatoms. The Balaban J connectivity index is 0. The summed E-state index contributed by atoms with van der Waals surface area (Å²) in [5, 5.41) is 15.7. The van der Waals surface area contributed by atoms with Crippen molar-refractivity contribution < 1.29 is 15.0 Å². The summed E-state index contributed by atoms with van der Waals surface area (Å²) in [7, 11) is 0. The summed E-state index contributed by atoms with van der Waals surface area (Å²) in [5.74, 6) is -0.833. The van der Waals surface area contributed by atoms with E-state index >= 15 is 0 Å². The number of aliphatic hydroxyl groups is 1. The molecule has 0 atom stereocenters. The van der Waals surface area contributed by atoms with Gasteiger partial charge in [0.05, 0.1) is 0 Å². The highest BCUT2D eigenvalue weighted by atomic mass is 16.4. The van der Waals surface area contributed by atoms with Crippen molar-refractivity contribution in [3.05, 3.63) is 12.2 Å². The molecule has 66 valence electrons. The van der Waals surface area contributed by atoms with Gasteiger partial charge in [-0.1, -0.05) is 19.1 Å². The van der Waals surface area contributed by atoms with Crippen molar-refractivity contribution in [2.45, 2.75) is 26.7 Å². The zero-order valence-electron chi connectivity index (χ0n) is 7.08. The third-order valence-electron chi connectivity index (χ3n) is 0.698. The van der Waals surface area contributed by atoms with Gasteiger partial charge >= 0.3 is 0 Å². The first kappa shape index (κ1) is 12.8.